The Morgan fingerprint density at radius 1 is 1.12 bits per heavy atom. The van der Waals surface area contributed by atoms with Crippen molar-refractivity contribution >= 4 is 0 Å². The van der Waals surface area contributed by atoms with Crippen LogP contribution in [0, 0.1) is 11.3 Å². The van der Waals surface area contributed by atoms with Gasteiger partial charge in [0.05, 0.1) is 0 Å². The summed E-state index contributed by atoms with van der Waals surface area (Å²) in [6, 6.07) is 0. The lowest BCUT2D eigenvalue weighted by atomic mass is 9.79. The minimum Gasteiger partial charge on any atom is -0.312 e. The maximum absolute atomic E-state index is 3.73. The van der Waals surface area contributed by atoms with Gasteiger partial charge in [-0.2, -0.15) is 0 Å². The summed E-state index contributed by atoms with van der Waals surface area (Å²) in [6.45, 7) is 12.7. The molecule has 1 aliphatic carbocycles. The minimum atomic E-state index is 0.271. The fraction of sp³-hybridized carbons (Fsp3) is 1.00. The van der Waals surface area contributed by atoms with E-state index >= 15 is 0 Å². The van der Waals surface area contributed by atoms with Crippen molar-refractivity contribution in [3.05, 3.63) is 0 Å². The molecular formula is C15H31N. The van der Waals surface area contributed by atoms with E-state index in [0.29, 0.717) is 5.41 Å². The van der Waals surface area contributed by atoms with E-state index in [1.54, 1.807) is 0 Å². The van der Waals surface area contributed by atoms with Gasteiger partial charge in [0.15, 0.2) is 0 Å². The highest BCUT2D eigenvalue weighted by atomic mass is 15.0. The number of nitrogens with one attached hydrogen (secondary N) is 1. The average Bonchev–Trinajstić information content (AvgIpc) is 2.60. The molecule has 0 unspecified atom stereocenters. The van der Waals surface area contributed by atoms with Crippen LogP contribution in [-0.4, -0.2) is 12.1 Å². The highest BCUT2D eigenvalue weighted by molar-refractivity contribution is 4.89. The van der Waals surface area contributed by atoms with Crippen LogP contribution in [0.5, 0.6) is 0 Å². The van der Waals surface area contributed by atoms with Gasteiger partial charge in [0.2, 0.25) is 0 Å². The second-order valence-electron chi connectivity index (χ2n) is 7.24. The number of hydrogen-bond donors (Lipinski definition) is 1. The molecule has 0 aliphatic heterocycles. The van der Waals surface area contributed by atoms with Crippen LogP contribution >= 0.6 is 0 Å². The molecule has 0 radical (unpaired) electrons. The zero-order valence-corrected chi connectivity index (χ0v) is 12.0. The van der Waals surface area contributed by atoms with Crippen LogP contribution < -0.4 is 5.32 Å². The Morgan fingerprint density at radius 3 is 2.12 bits per heavy atom. The van der Waals surface area contributed by atoms with E-state index in [4.69, 9.17) is 0 Å². The van der Waals surface area contributed by atoms with Gasteiger partial charge >= 0.3 is 0 Å². The first-order valence-corrected chi connectivity index (χ1v) is 7.08. The van der Waals surface area contributed by atoms with Crippen LogP contribution in [0.25, 0.3) is 0 Å². The summed E-state index contributed by atoms with van der Waals surface area (Å²) in [5, 5.41) is 3.73. The van der Waals surface area contributed by atoms with E-state index in [1.807, 2.05) is 0 Å². The summed E-state index contributed by atoms with van der Waals surface area (Å²) >= 11 is 0. The number of rotatable bonds is 5. The van der Waals surface area contributed by atoms with Crippen LogP contribution in [0.3, 0.4) is 0 Å². The Kier molecular flexibility index (Phi) is 4.85. The molecule has 1 rings (SSSR count). The Labute approximate surface area is 102 Å². The molecule has 96 valence electrons. The van der Waals surface area contributed by atoms with Gasteiger partial charge in [0.25, 0.3) is 0 Å². The largest absolute Gasteiger partial charge is 0.312 e. The molecule has 0 bridgehead atoms. The van der Waals surface area contributed by atoms with Crippen LogP contribution in [0.1, 0.15) is 73.1 Å². The summed E-state index contributed by atoms with van der Waals surface area (Å²) in [5.41, 5.74) is 0.894. The zero-order valence-electron chi connectivity index (χ0n) is 12.0. The van der Waals surface area contributed by atoms with Crippen LogP contribution in [0.4, 0.5) is 0 Å². The Hall–Kier alpha value is -0.0400. The number of hydrogen-bond acceptors (Lipinski definition) is 1. The minimum absolute atomic E-state index is 0.271. The molecule has 0 atom stereocenters. The van der Waals surface area contributed by atoms with Crippen molar-refractivity contribution in [3.63, 3.8) is 0 Å². The smallest absolute Gasteiger partial charge is 0.00967 e. The van der Waals surface area contributed by atoms with Gasteiger partial charge in [-0.15, -0.1) is 0 Å². The lowest BCUT2D eigenvalue weighted by molar-refractivity contribution is 0.215. The third-order valence-electron chi connectivity index (χ3n) is 3.91. The molecule has 0 saturated heterocycles. The quantitative estimate of drug-likeness (QED) is 0.732. The van der Waals surface area contributed by atoms with E-state index in [9.17, 15) is 0 Å². The fourth-order valence-electron chi connectivity index (χ4n) is 2.69. The molecular weight excluding hydrogens is 194 g/mol. The summed E-state index contributed by atoms with van der Waals surface area (Å²) in [4.78, 5) is 0. The first-order valence-electron chi connectivity index (χ1n) is 7.08. The first kappa shape index (κ1) is 14.0. The lowest BCUT2D eigenvalue weighted by Crippen LogP contribution is -2.43. The van der Waals surface area contributed by atoms with Gasteiger partial charge in [-0.25, -0.2) is 0 Å². The van der Waals surface area contributed by atoms with E-state index in [-0.39, 0.29) is 5.54 Å². The third-order valence-corrected chi connectivity index (χ3v) is 3.91. The van der Waals surface area contributed by atoms with E-state index in [1.165, 1.54) is 45.1 Å². The highest BCUT2D eigenvalue weighted by Gasteiger charge is 2.34. The summed E-state index contributed by atoms with van der Waals surface area (Å²) in [5.74, 6) is 0.854. The molecule has 1 nitrogen and oxygen atoms in total. The maximum atomic E-state index is 3.73. The second kappa shape index (κ2) is 5.53. The normalized spacial score (nSPS) is 20.6. The molecule has 0 aromatic rings. The molecule has 1 heteroatoms. The van der Waals surface area contributed by atoms with Crippen LogP contribution in [0.2, 0.25) is 0 Å². The van der Waals surface area contributed by atoms with Crippen LogP contribution in [0.15, 0.2) is 0 Å². The van der Waals surface area contributed by atoms with Crippen molar-refractivity contribution in [2.45, 2.75) is 78.7 Å². The van der Waals surface area contributed by atoms with Gasteiger partial charge in [-0.05, 0) is 51.4 Å². The highest BCUT2D eigenvalue weighted by Crippen LogP contribution is 2.42. The van der Waals surface area contributed by atoms with Gasteiger partial charge in [0, 0.05) is 12.1 Å². The van der Waals surface area contributed by atoms with E-state index in [2.05, 4.69) is 39.9 Å². The molecule has 0 heterocycles. The maximum Gasteiger partial charge on any atom is 0.00967 e. The standard InChI is InChI=1S/C15H31N/c1-13(2)8-11-15(9-6-7-10-15)12-16-14(3,4)5/h13,16H,6-12H2,1-5H3. The Bertz CT molecular complexity index is 194. The molecule has 0 amide bonds. The van der Waals surface area contributed by atoms with E-state index < -0.39 is 0 Å². The van der Waals surface area contributed by atoms with Crippen molar-refractivity contribution in [2.24, 2.45) is 11.3 Å². The molecule has 1 N–H and O–H groups in total. The predicted octanol–water partition coefficient (Wildman–Crippen LogP) is 4.37. The molecule has 1 saturated carbocycles. The topological polar surface area (TPSA) is 12.0 Å². The molecule has 0 aromatic carbocycles. The van der Waals surface area contributed by atoms with Gasteiger partial charge < -0.3 is 5.32 Å². The monoisotopic (exact) mass is 225 g/mol. The van der Waals surface area contributed by atoms with Crippen molar-refractivity contribution in [3.8, 4) is 0 Å². The van der Waals surface area contributed by atoms with Gasteiger partial charge in [0.1, 0.15) is 0 Å². The van der Waals surface area contributed by atoms with Crippen molar-refractivity contribution in [2.75, 3.05) is 6.54 Å². The molecule has 0 aromatic heterocycles. The molecule has 16 heavy (non-hydrogen) atoms. The lowest BCUT2D eigenvalue weighted by Gasteiger charge is -2.34. The van der Waals surface area contributed by atoms with Gasteiger partial charge in [-0.3, -0.25) is 0 Å². The van der Waals surface area contributed by atoms with Crippen molar-refractivity contribution in [1.82, 2.24) is 5.32 Å². The SMILES string of the molecule is CC(C)CCC1(CNC(C)(C)C)CCCC1. The average molecular weight is 225 g/mol. The van der Waals surface area contributed by atoms with Crippen molar-refractivity contribution in [1.29, 1.82) is 0 Å². The van der Waals surface area contributed by atoms with E-state index in [0.717, 1.165) is 5.92 Å². The first-order chi connectivity index (χ1) is 7.33. The van der Waals surface area contributed by atoms with Crippen molar-refractivity contribution < 1.29 is 0 Å². The zero-order chi connectivity index (χ0) is 12.2. The summed E-state index contributed by atoms with van der Waals surface area (Å²) in [7, 11) is 0. The third kappa shape index (κ3) is 4.86. The van der Waals surface area contributed by atoms with Gasteiger partial charge in [-0.1, -0.05) is 33.1 Å². The Morgan fingerprint density at radius 2 is 1.69 bits per heavy atom. The predicted molar refractivity (Wildman–Crippen MR) is 72.7 cm³/mol. The summed E-state index contributed by atoms with van der Waals surface area (Å²) in [6.07, 6.45) is 8.61. The van der Waals surface area contributed by atoms with Crippen LogP contribution in [-0.2, 0) is 0 Å². The fourth-order valence-corrected chi connectivity index (χ4v) is 2.69. The Balaban J connectivity index is 2.45. The molecule has 1 aliphatic rings. The second-order valence-corrected chi connectivity index (χ2v) is 7.24. The molecule has 0 spiro atoms. The summed E-state index contributed by atoms with van der Waals surface area (Å²) < 4.78 is 0. The molecule has 1 fully saturated rings.